The van der Waals surface area contributed by atoms with Crippen LogP contribution >= 0.6 is 0 Å². The van der Waals surface area contributed by atoms with Crippen LogP contribution in [0.4, 0.5) is 19.1 Å². The Bertz CT molecular complexity index is 623. The quantitative estimate of drug-likeness (QED) is 0.850. The topological polar surface area (TPSA) is 43.8 Å². The maximum absolute atomic E-state index is 12.6. The molecule has 1 fully saturated rings. The first-order valence-electron chi connectivity index (χ1n) is 5.67. The van der Waals surface area contributed by atoms with Gasteiger partial charge in [0.15, 0.2) is 0 Å². The van der Waals surface area contributed by atoms with E-state index in [0.717, 1.165) is 25.0 Å². The van der Waals surface area contributed by atoms with Crippen molar-refractivity contribution in [2.75, 3.05) is 5.73 Å². The molecule has 1 heterocycles. The number of rotatable bonds is 1. The molecule has 0 saturated heterocycles. The van der Waals surface area contributed by atoms with Crippen molar-refractivity contribution in [2.24, 2.45) is 0 Å². The zero-order chi connectivity index (χ0) is 13.1. The van der Waals surface area contributed by atoms with Crippen LogP contribution in [0.25, 0.3) is 11.0 Å². The van der Waals surface area contributed by atoms with Gasteiger partial charge in [-0.05, 0) is 38.0 Å². The number of hydrogen-bond donors (Lipinski definition) is 1. The maximum atomic E-state index is 12.6. The Labute approximate surface area is 101 Å². The van der Waals surface area contributed by atoms with E-state index in [2.05, 4.69) is 4.98 Å². The lowest BCUT2D eigenvalue weighted by Crippen LogP contribution is -2.14. The Morgan fingerprint density at radius 2 is 2.00 bits per heavy atom. The Morgan fingerprint density at radius 3 is 2.56 bits per heavy atom. The minimum atomic E-state index is -4.35. The summed E-state index contributed by atoms with van der Waals surface area (Å²) in [5, 5.41) is 0. The van der Waals surface area contributed by atoms with Gasteiger partial charge in [0.1, 0.15) is 0 Å². The highest BCUT2D eigenvalue weighted by Crippen LogP contribution is 2.46. The summed E-state index contributed by atoms with van der Waals surface area (Å²) in [6, 6.07) is 3.57. The molecule has 1 aromatic heterocycles. The van der Waals surface area contributed by atoms with Gasteiger partial charge in [0.2, 0.25) is 5.95 Å². The summed E-state index contributed by atoms with van der Waals surface area (Å²) < 4.78 is 39.6. The molecule has 2 aromatic rings. The van der Waals surface area contributed by atoms with Crippen LogP contribution in [0.1, 0.15) is 25.3 Å². The number of nitrogen functional groups attached to an aromatic ring is 1. The first-order valence-corrected chi connectivity index (χ1v) is 5.67. The number of imidazole rings is 1. The van der Waals surface area contributed by atoms with Crippen molar-refractivity contribution in [3.8, 4) is 0 Å². The molecule has 96 valence electrons. The first-order chi connectivity index (χ1) is 8.31. The Morgan fingerprint density at radius 1 is 1.33 bits per heavy atom. The van der Waals surface area contributed by atoms with E-state index >= 15 is 0 Å². The lowest BCUT2D eigenvalue weighted by molar-refractivity contribution is -0.137. The highest BCUT2D eigenvalue weighted by atomic mass is 19.4. The SMILES string of the molecule is CC1(n2c(N)nc3cc(C(F)(F)F)ccc32)CC1. The zero-order valence-corrected chi connectivity index (χ0v) is 9.75. The van der Waals surface area contributed by atoms with Gasteiger partial charge in [-0.15, -0.1) is 0 Å². The lowest BCUT2D eigenvalue weighted by atomic mass is 10.2. The van der Waals surface area contributed by atoms with Gasteiger partial charge in [-0.1, -0.05) is 0 Å². The van der Waals surface area contributed by atoms with E-state index in [0.29, 0.717) is 11.0 Å². The van der Waals surface area contributed by atoms with Gasteiger partial charge in [-0.25, -0.2) is 4.98 Å². The van der Waals surface area contributed by atoms with E-state index in [4.69, 9.17) is 5.73 Å². The predicted octanol–water partition coefficient (Wildman–Crippen LogP) is 3.15. The molecule has 1 aliphatic carbocycles. The molecule has 0 radical (unpaired) electrons. The summed E-state index contributed by atoms with van der Waals surface area (Å²) in [6.45, 7) is 2.03. The number of fused-ring (bicyclic) bond motifs is 1. The molecular formula is C12H12F3N3. The minimum Gasteiger partial charge on any atom is -0.369 e. The number of alkyl halides is 3. The number of nitrogens with zero attached hydrogens (tertiary/aromatic N) is 2. The largest absolute Gasteiger partial charge is 0.416 e. The molecule has 3 nitrogen and oxygen atoms in total. The number of halogens is 3. The normalized spacial score (nSPS) is 18.2. The van der Waals surface area contributed by atoms with E-state index < -0.39 is 11.7 Å². The van der Waals surface area contributed by atoms with Crippen molar-refractivity contribution in [3.05, 3.63) is 23.8 Å². The Kier molecular flexibility index (Phi) is 2.01. The maximum Gasteiger partial charge on any atom is 0.416 e. The van der Waals surface area contributed by atoms with Crippen LogP contribution in [0.2, 0.25) is 0 Å². The summed E-state index contributed by atoms with van der Waals surface area (Å²) in [4.78, 5) is 4.03. The fraction of sp³-hybridized carbons (Fsp3) is 0.417. The lowest BCUT2D eigenvalue weighted by Gasteiger charge is -2.14. The van der Waals surface area contributed by atoms with E-state index in [1.807, 2.05) is 11.5 Å². The van der Waals surface area contributed by atoms with E-state index in [1.165, 1.54) is 6.07 Å². The van der Waals surface area contributed by atoms with Gasteiger partial charge in [0.05, 0.1) is 16.6 Å². The van der Waals surface area contributed by atoms with Crippen molar-refractivity contribution in [1.82, 2.24) is 9.55 Å². The average molecular weight is 255 g/mol. The van der Waals surface area contributed by atoms with Gasteiger partial charge >= 0.3 is 6.18 Å². The smallest absolute Gasteiger partial charge is 0.369 e. The molecule has 0 amide bonds. The van der Waals surface area contributed by atoms with Crippen LogP contribution in [0.3, 0.4) is 0 Å². The number of benzene rings is 1. The number of hydrogen-bond acceptors (Lipinski definition) is 2. The van der Waals surface area contributed by atoms with Crippen molar-refractivity contribution < 1.29 is 13.2 Å². The first kappa shape index (κ1) is 11.4. The van der Waals surface area contributed by atoms with Crippen LogP contribution in [0, 0.1) is 0 Å². The van der Waals surface area contributed by atoms with Crippen LogP contribution < -0.4 is 5.73 Å². The zero-order valence-electron chi connectivity index (χ0n) is 9.75. The molecule has 0 bridgehead atoms. The monoisotopic (exact) mass is 255 g/mol. The standard InChI is InChI=1S/C12H12F3N3/c1-11(4-5-11)18-9-3-2-7(12(13,14)15)6-8(9)17-10(18)16/h2-3,6H,4-5H2,1H3,(H2,16,17). The highest BCUT2D eigenvalue weighted by molar-refractivity contribution is 5.80. The van der Waals surface area contributed by atoms with E-state index in [-0.39, 0.29) is 11.5 Å². The second-order valence-electron chi connectivity index (χ2n) is 5.00. The summed E-state index contributed by atoms with van der Waals surface area (Å²) in [6.07, 6.45) is -2.40. The third-order valence-corrected chi connectivity index (χ3v) is 3.52. The molecule has 1 aliphatic rings. The van der Waals surface area contributed by atoms with Gasteiger partial charge in [0, 0.05) is 5.54 Å². The van der Waals surface area contributed by atoms with E-state index in [1.54, 1.807) is 0 Å². The molecular weight excluding hydrogens is 243 g/mol. The molecule has 1 aromatic carbocycles. The molecule has 0 unspecified atom stereocenters. The molecule has 18 heavy (non-hydrogen) atoms. The van der Waals surface area contributed by atoms with Crippen molar-refractivity contribution >= 4 is 17.0 Å². The van der Waals surface area contributed by atoms with Crippen LogP contribution in [-0.2, 0) is 11.7 Å². The molecule has 2 N–H and O–H groups in total. The summed E-state index contributed by atoms with van der Waals surface area (Å²) in [5.74, 6) is 0.282. The summed E-state index contributed by atoms with van der Waals surface area (Å²) in [5.41, 5.74) is 6.00. The van der Waals surface area contributed by atoms with Gasteiger partial charge < -0.3 is 10.3 Å². The van der Waals surface area contributed by atoms with Gasteiger partial charge in [0.25, 0.3) is 0 Å². The molecule has 6 heteroatoms. The number of nitrogens with two attached hydrogens (primary N) is 1. The van der Waals surface area contributed by atoms with E-state index in [9.17, 15) is 13.2 Å². The average Bonchev–Trinajstić information content (AvgIpc) is 2.89. The number of anilines is 1. The van der Waals surface area contributed by atoms with Crippen molar-refractivity contribution in [2.45, 2.75) is 31.5 Å². The fourth-order valence-corrected chi connectivity index (χ4v) is 2.25. The van der Waals surface area contributed by atoms with Gasteiger partial charge in [-0.3, -0.25) is 0 Å². The van der Waals surface area contributed by atoms with Crippen molar-refractivity contribution in [3.63, 3.8) is 0 Å². The highest BCUT2D eigenvalue weighted by Gasteiger charge is 2.42. The number of aromatic nitrogens is 2. The van der Waals surface area contributed by atoms with Crippen LogP contribution in [0.15, 0.2) is 18.2 Å². The third-order valence-electron chi connectivity index (χ3n) is 3.52. The molecule has 0 aliphatic heterocycles. The summed E-state index contributed by atoms with van der Waals surface area (Å²) in [7, 11) is 0. The second-order valence-corrected chi connectivity index (χ2v) is 5.00. The summed E-state index contributed by atoms with van der Waals surface area (Å²) >= 11 is 0. The van der Waals surface area contributed by atoms with Gasteiger partial charge in [-0.2, -0.15) is 13.2 Å². The minimum absolute atomic E-state index is 0.0847. The van der Waals surface area contributed by atoms with Crippen LogP contribution in [0.5, 0.6) is 0 Å². The molecule has 3 rings (SSSR count). The Hall–Kier alpha value is -1.72. The molecule has 0 spiro atoms. The molecule has 1 saturated carbocycles. The fourth-order valence-electron chi connectivity index (χ4n) is 2.25. The second kappa shape index (κ2) is 3.18. The van der Waals surface area contributed by atoms with Crippen molar-refractivity contribution in [1.29, 1.82) is 0 Å². The van der Waals surface area contributed by atoms with Crippen LogP contribution in [-0.4, -0.2) is 9.55 Å². The Balaban J connectivity index is 2.21. The molecule has 0 atom stereocenters. The third kappa shape index (κ3) is 1.55. The predicted molar refractivity (Wildman–Crippen MR) is 62.0 cm³/mol.